The van der Waals surface area contributed by atoms with Crippen LogP contribution in [0.3, 0.4) is 0 Å². The van der Waals surface area contributed by atoms with Crippen LogP contribution >= 0.6 is 11.3 Å². The fraction of sp³-hybridized carbons (Fsp3) is 0.273. The third-order valence-electron chi connectivity index (χ3n) is 4.91. The zero-order chi connectivity index (χ0) is 17.8. The van der Waals surface area contributed by atoms with Crippen LogP contribution in [0.2, 0.25) is 0 Å². The summed E-state index contributed by atoms with van der Waals surface area (Å²) < 4.78 is 1.15. The van der Waals surface area contributed by atoms with Crippen LogP contribution in [0, 0.1) is 5.92 Å². The molecule has 0 atom stereocenters. The molecule has 3 nitrogen and oxygen atoms in total. The van der Waals surface area contributed by atoms with Crippen molar-refractivity contribution in [2.75, 3.05) is 6.54 Å². The predicted octanol–water partition coefficient (Wildman–Crippen LogP) is 5.14. The van der Waals surface area contributed by atoms with Crippen molar-refractivity contribution >= 4 is 33.5 Å². The van der Waals surface area contributed by atoms with Gasteiger partial charge >= 0.3 is 0 Å². The molecule has 0 bridgehead atoms. The van der Waals surface area contributed by atoms with Gasteiger partial charge in [0.1, 0.15) is 5.01 Å². The van der Waals surface area contributed by atoms with Gasteiger partial charge in [0, 0.05) is 19.2 Å². The average molecular weight is 362 g/mol. The van der Waals surface area contributed by atoms with Gasteiger partial charge in [-0.1, -0.05) is 48.9 Å². The number of benzene rings is 2. The highest BCUT2D eigenvalue weighted by molar-refractivity contribution is 7.19. The Labute approximate surface area is 158 Å². The third kappa shape index (κ3) is 4.02. The van der Waals surface area contributed by atoms with E-state index in [9.17, 15) is 4.79 Å². The molecule has 1 amide bonds. The van der Waals surface area contributed by atoms with Gasteiger partial charge in [-0.25, -0.2) is 4.98 Å². The maximum absolute atomic E-state index is 12.8. The Morgan fingerprint density at radius 1 is 1.12 bits per heavy atom. The standard InChI is InChI=1S/C22H22N2OS/c25-22(14-13-21-23-19-11-4-5-12-20(19)26-21)24(16-18-9-6-10-18)15-17-7-2-1-3-8-17/h1-5,7-8,11-14,18H,6,9-10,15-16H2/b14-13+. The van der Waals surface area contributed by atoms with E-state index in [1.165, 1.54) is 24.8 Å². The van der Waals surface area contributed by atoms with Gasteiger partial charge in [-0.3, -0.25) is 4.79 Å². The molecule has 1 aliphatic carbocycles. The number of carbonyl (C=O) groups is 1. The Hall–Kier alpha value is -2.46. The van der Waals surface area contributed by atoms with Crippen LogP contribution < -0.4 is 0 Å². The number of hydrogen-bond acceptors (Lipinski definition) is 3. The zero-order valence-electron chi connectivity index (χ0n) is 14.7. The number of carbonyl (C=O) groups excluding carboxylic acids is 1. The number of aromatic nitrogens is 1. The molecule has 1 heterocycles. The largest absolute Gasteiger partial charge is 0.335 e. The molecule has 1 fully saturated rings. The molecule has 4 heteroatoms. The lowest BCUT2D eigenvalue weighted by Crippen LogP contribution is -2.36. The number of para-hydroxylation sites is 1. The van der Waals surface area contributed by atoms with Crippen LogP contribution in [0.1, 0.15) is 29.8 Å². The van der Waals surface area contributed by atoms with Crippen LogP contribution in [0.4, 0.5) is 0 Å². The van der Waals surface area contributed by atoms with E-state index in [-0.39, 0.29) is 5.91 Å². The molecule has 0 saturated heterocycles. The monoisotopic (exact) mass is 362 g/mol. The second-order valence-corrected chi connectivity index (χ2v) is 7.92. The molecule has 1 aromatic heterocycles. The van der Waals surface area contributed by atoms with Crippen molar-refractivity contribution < 1.29 is 4.79 Å². The second kappa shape index (κ2) is 7.83. The molecule has 4 rings (SSSR count). The number of fused-ring (bicyclic) bond motifs is 1. The van der Waals surface area contributed by atoms with Crippen LogP contribution in [0.5, 0.6) is 0 Å². The van der Waals surface area contributed by atoms with Crippen LogP contribution in [-0.2, 0) is 11.3 Å². The topological polar surface area (TPSA) is 33.2 Å². The second-order valence-electron chi connectivity index (χ2n) is 6.85. The lowest BCUT2D eigenvalue weighted by Gasteiger charge is -2.32. The Kier molecular flexibility index (Phi) is 5.12. The first-order valence-corrected chi connectivity index (χ1v) is 9.96. The number of hydrogen-bond donors (Lipinski definition) is 0. The summed E-state index contributed by atoms with van der Waals surface area (Å²) in [5.41, 5.74) is 2.16. The summed E-state index contributed by atoms with van der Waals surface area (Å²) in [6.45, 7) is 1.51. The molecular weight excluding hydrogens is 340 g/mol. The molecule has 0 unspecified atom stereocenters. The number of rotatable bonds is 6. The summed E-state index contributed by atoms with van der Waals surface area (Å²) in [6.07, 6.45) is 7.30. The van der Waals surface area contributed by atoms with E-state index in [4.69, 9.17) is 0 Å². The molecule has 3 aromatic rings. The number of amides is 1. The van der Waals surface area contributed by atoms with Gasteiger partial charge in [0.25, 0.3) is 0 Å². The zero-order valence-corrected chi connectivity index (χ0v) is 15.5. The number of thiazole rings is 1. The molecule has 2 aromatic carbocycles. The van der Waals surface area contributed by atoms with Crippen molar-refractivity contribution in [3.05, 3.63) is 71.2 Å². The van der Waals surface area contributed by atoms with E-state index >= 15 is 0 Å². The fourth-order valence-corrected chi connectivity index (χ4v) is 4.10. The molecule has 0 radical (unpaired) electrons. The smallest absolute Gasteiger partial charge is 0.246 e. The first kappa shape index (κ1) is 17.0. The van der Waals surface area contributed by atoms with E-state index in [2.05, 4.69) is 23.2 Å². The van der Waals surface area contributed by atoms with Gasteiger partial charge < -0.3 is 4.90 Å². The van der Waals surface area contributed by atoms with E-state index in [0.29, 0.717) is 12.5 Å². The van der Waals surface area contributed by atoms with Gasteiger partial charge in [-0.15, -0.1) is 11.3 Å². The molecule has 0 aliphatic heterocycles. The molecular formula is C22H22N2OS. The van der Waals surface area contributed by atoms with Crippen LogP contribution in [0.15, 0.2) is 60.7 Å². The Morgan fingerprint density at radius 2 is 1.88 bits per heavy atom. The van der Waals surface area contributed by atoms with E-state index in [1.807, 2.05) is 47.4 Å². The Bertz CT molecular complexity index is 879. The van der Waals surface area contributed by atoms with Gasteiger partial charge in [0.15, 0.2) is 0 Å². The summed E-state index contributed by atoms with van der Waals surface area (Å²) >= 11 is 1.62. The lowest BCUT2D eigenvalue weighted by atomic mass is 9.85. The lowest BCUT2D eigenvalue weighted by molar-refractivity contribution is -0.127. The van der Waals surface area contributed by atoms with E-state index in [1.54, 1.807) is 17.4 Å². The van der Waals surface area contributed by atoms with Crippen LogP contribution in [-0.4, -0.2) is 22.3 Å². The summed E-state index contributed by atoms with van der Waals surface area (Å²) in [5, 5.41) is 0.878. The third-order valence-corrected chi connectivity index (χ3v) is 5.91. The minimum atomic E-state index is 0.0695. The number of nitrogens with zero attached hydrogens (tertiary/aromatic N) is 2. The summed E-state index contributed by atoms with van der Waals surface area (Å²) in [4.78, 5) is 19.4. The van der Waals surface area contributed by atoms with Gasteiger partial charge in [0.05, 0.1) is 10.2 Å². The maximum atomic E-state index is 12.8. The predicted molar refractivity (Wildman–Crippen MR) is 108 cm³/mol. The first-order chi connectivity index (χ1) is 12.8. The quantitative estimate of drug-likeness (QED) is 0.569. The Balaban J connectivity index is 1.49. The van der Waals surface area contributed by atoms with Crippen molar-refractivity contribution in [2.45, 2.75) is 25.8 Å². The molecule has 1 aliphatic rings. The first-order valence-electron chi connectivity index (χ1n) is 9.14. The Morgan fingerprint density at radius 3 is 2.62 bits per heavy atom. The molecule has 132 valence electrons. The SMILES string of the molecule is O=C(/C=C/c1nc2ccccc2s1)N(Cc1ccccc1)CC1CCC1. The summed E-state index contributed by atoms with van der Waals surface area (Å²) in [6, 6.07) is 18.3. The minimum Gasteiger partial charge on any atom is -0.335 e. The average Bonchev–Trinajstić information content (AvgIpc) is 3.05. The van der Waals surface area contributed by atoms with Crippen molar-refractivity contribution in [1.29, 1.82) is 0 Å². The highest BCUT2D eigenvalue weighted by atomic mass is 32.1. The van der Waals surface area contributed by atoms with Crippen molar-refractivity contribution in [1.82, 2.24) is 9.88 Å². The molecule has 26 heavy (non-hydrogen) atoms. The fourth-order valence-electron chi connectivity index (χ4n) is 3.23. The normalized spacial score (nSPS) is 14.6. The summed E-state index contributed by atoms with van der Waals surface area (Å²) in [5.74, 6) is 0.721. The van der Waals surface area contributed by atoms with Crippen molar-refractivity contribution in [3.63, 3.8) is 0 Å². The minimum absolute atomic E-state index is 0.0695. The van der Waals surface area contributed by atoms with Crippen molar-refractivity contribution in [3.8, 4) is 0 Å². The van der Waals surface area contributed by atoms with Gasteiger partial charge in [-0.2, -0.15) is 0 Å². The van der Waals surface area contributed by atoms with Crippen LogP contribution in [0.25, 0.3) is 16.3 Å². The molecule has 0 N–H and O–H groups in total. The van der Waals surface area contributed by atoms with E-state index in [0.717, 1.165) is 21.8 Å². The summed E-state index contributed by atoms with van der Waals surface area (Å²) in [7, 11) is 0. The van der Waals surface area contributed by atoms with Crippen molar-refractivity contribution in [2.24, 2.45) is 5.92 Å². The van der Waals surface area contributed by atoms with Gasteiger partial charge in [0.2, 0.25) is 5.91 Å². The van der Waals surface area contributed by atoms with Gasteiger partial charge in [-0.05, 0) is 42.5 Å². The highest BCUT2D eigenvalue weighted by Crippen LogP contribution is 2.28. The molecule has 0 spiro atoms. The molecule has 1 saturated carbocycles. The highest BCUT2D eigenvalue weighted by Gasteiger charge is 2.22. The van der Waals surface area contributed by atoms with E-state index < -0.39 is 0 Å². The maximum Gasteiger partial charge on any atom is 0.246 e.